The molecule has 0 saturated heterocycles. The number of carbonyl (C=O) groups is 1. The van der Waals surface area contributed by atoms with Crippen LogP contribution in [0.2, 0.25) is 0 Å². The average molecular weight is 177 g/mol. The standard InChI is InChI=1S/C3H3N3O4S/c7-3-2(1-4-5-3)6-11(8,9)10/h1H,(H,5,6,7)(H,8,9,10). The molecule has 0 unspecified atom stereocenters. The second-order valence-corrected chi connectivity index (χ2v) is 2.70. The van der Waals surface area contributed by atoms with Crippen LogP contribution in [-0.2, 0) is 15.1 Å². The van der Waals surface area contributed by atoms with Gasteiger partial charge in [0, 0.05) is 0 Å². The first-order valence-electron chi connectivity index (χ1n) is 2.40. The topological polar surface area (TPSA) is 108 Å². The molecule has 0 bridgehead atoms. The minimum absolute atomic E-state index is 0.437. The van der Waals surface area contributed by atoms with Crippen LogP contribution < -0.4 is 5.43 Å². The van der Waals surface area contributed by atoms with Crippen molar-refractivity contribution in [2.75, 3.05) is 0 Å². The molecule has 1 heterocycles. The second kappa shape index (κ2) is 2.40. The lowest BCUT2D eigenvalue weighted by molar-refractivity contribution is -0.114. The number of hydrogen-bond donors (Lipinski definition) is 2. The Balaban J connectivity index is 3.01. The van der Waals surface area contributed by atoms with Gasteiger partial charge in [0.1, 0.15) is 0 Å². The van der Waals surface area contributed by atoms with Gasteiger partial charge in [-0.3, -0.25) is 9.35 Å². The Bertz CT molecular complexity index is 340. The molecule has 1 amide bonds. The summed E-state index contributed by atoms with van der Waals surface area (Å²) in [6.45, 7) is 0. The second-order valence-electron chi connectivity index (χ2n) is 1.62. The first-order chi connectivity index (χ1) is 4.99. The fourth-order valence-corrected chi connectivity index (χ4v) is 0.836. The fourth-order valence-electron chi connectivity index (χ4n) is 0.457. The first-order valence-corrected chi connectivity index (χ1v) is 3.79. The van der Waals surface area contributed by atoms with Crippen molar-refractivity contribution < 1.29 is 17.8 Å². The van der Waals surface area contributed by atoms with Crippen molar-refractivity contribution in [1.29, 1.82) is 0 Å². The molecule has 0 spiro atoms. The Morgan fingerprint density at radius 3 is 2.64 bits per heavy atom. The van der Waals surface area contributed by atoms with Crippen LogP contribution in [0.25, 0.3) is 0 Å². The lowest BCUT2D eigenvalue weighted by Gasteiger charge is -1.86. The monoisotopic (exact) mass is 177 g/mol. The third kappa shape index (κ3) is 2.09. The highest BCUT2D eigenvalue weighted by atomic mass is 32.2. The van der Waals surface area contributed by atoms with E-state index in [0.717, 1.165) is 6.21 Å². The van der Waals surface area contributed by atoms with E-state index in [9.17, 15) is 13.2 Å². The predicted octanol–water partition coefficient (Wildman–Crippen LogP) is -1.65. The molecule has 8 heteroatoms. The van der Waals surface area contributed by atoms with E-state index in [1.54, 1.807) is 0 Å². The Morgan fingerprint density at radius 2 is 2.27 bits per heavy atom. The quantitative estimate of drug-likeness (QED) is 0.467. The van der Waals surface area contributed by atoms with Gasteiger partial charge in [0.2, 0.25) is 0 Å². The van der Waals surface area contributed by atoms with E-state index in [4.69, 9.17) is 4.55 Å². The number of hydrogen-bond acceptors (Lipinski definition) is 4. The molecule has 7 nitrogen and oxygen atoms in total. The Labute approximate surface area is 61.7 Å². The van der Waals surface area contributed by atoms with Gasteiger partial charge in [-0.05, 0) is 0 Å². The molecule has 11 heavy (non-hydrogen) atoms. The number of rotatable bonds is 1. The van der Waals surface area contributed by atoms with Crippen molar-refractivity contribution >= 4 is 28.1 Å². The molecule has 2 N–H and O–H groups in total. The van der Waals surface area contributed by atoms with Gasteiger partial charge in [-0.2, -0.15) is 13.5 Å². The van der Waals surface area contributed by atoms with E-state index in [1.807, 2.05) is 5.43 Å². The summed E-state index contributed by atoms with van der Waals surface area (Å²) in [5.74, 6) is -0.761. The molecule has 0 aromatic rings. The minimum atomic E-state index is -4.50. The fraction of sp³-hybridized carbons (Fsp3) is 0. The number of nitrogens with zero attached hydrogens (tertiary/aromatic N) is 2. The highest BCUT2D eigenvalue weighted by molar-refractivity contribution is 7.84. The zero-order valence-corrected chi connectivity index (χ0v) is 5.87. The van der Waals surface area contributed by atoms with E-state index in [-0.39, 0.29) is 0 Å². The average Bonchev–Trinajstić information content (AvgIpc) is 2.12. The lowest BCUT2D eigenvalue weighted by Crippen LogP contribution is -2.20. The summed E-state index contributed by atoms with van der Waals surface area (Å²) in [6, 6.07) is 0. The predicted molar refractivity (Wildman–Crippen MR) is 35.6 cm³/mol. The van der Waals surface area contributed by atoms with Gasteiger partial charge in [-0.25, -0.2) is 5.43 Å². The summed E-state index contributed by atoms with van der Waals surface area (Å²) in [5, 5.41) is 3.20. The normalized spacial score (nSPS) is 20.8. The molecule has 0 aliphatic carbocycles. The van der Waals surface area contributed by atoms with E-state index in [1.165, 1.54) is 0 Å². The largest absolute Gasteiger partial charge is 0.379 e. The molecule has 0 aromatic heterocycles. The first kappa shape index (κ1) is 7.82. The number of amides is 1. The van der Waals surface area contributed by atoms with Gasteiger partial charge in [-0.1, -0.05) is 0 Å². The summed E-state index contributed by atoms with van der Waals surface area (Å²) < 4.78 is 30.9. The van der Waals surface area contributed by atoms with Crippen LogP contribution >= 0.6 is 0 Å². The van der Waals surface area contributed by atoms with Gasteiger partial charge in [0.15, 0.2) is 5.71 Å². The summed E-state index contributed by atoms with van der Waals surface area (Å²) in [5.41, 5.74) is 1.48. The molecule has 60 valence electrons. The van der Waals surface area contributed by atoms with Crippen LogP contribution in [0.4, 0.5) is 0 Å². The molecule has 0 fully saturated rings. The molecule has 1 aliphatic heterocycles. The Hall–Kier alpha value is -1.28. The van der Waals surface area contributed by atoms with Crippen molar-refractivity contribution in [3.8, 4) is 0 Å². The van der Waals surface area contributed by atoms with Crippen molar-refractivity contribution in [3.05, 3.63) is 0 Å². The SMILES string of the molecule is O=C1NN=CC1=NS(=O)(=O)O. The molecule has 0 radical (unpaired) electrons. The molecule has 0 aromatic carbocycles. The maximum absolute atomic E-state index is 10.5. The molecule has 0 saturated carbocycles. The molecule has 1 aliphatic rings. The molecule has 1 rings (SSSR count). The van der Waals surface area contributed by atoms with Crippen LogP contribution in [0.5, 0.6) is 0 Å². The van der Waals surface area contributed by atoms with Gasteiger partial charge in [0.05, 0.1) is 6.21 Å². The van der Waals surface area contributed by atoms with Gasteiger partial charge in [-0.15, -0.1) is 4.40 Å². The number of hydrazone groups is 1. The summed E-state index contributed by atoms with van der Waals surface area (Å²) >= 11 is 0. The van der Waals surface area contributed by atoms with Crippen LogP contribution in [0.1, 0.15) is 0 Å². The highest BCUT2D eigenvalue weighted by Gasteiger charge is 2.16. The van der Waals surface area contributed by atoms with Crippen molar-refractivity contribution in [2.45, 2.75) is 0 Å². The minimum Gasteiger partial charge on any atom is -0.268 e. The van der Waals surface area contributed by atoms with Crippen LogP contribution in [0, 0.1) is 0 Å². The third-order valence-corrected chi connectivity index (χ3v) is 1.23. The number of carbonyl (C=O) groups excluding carboxylic acids is 1. The summed E-state index contributed by atoms with van der Waals surface area (Å²) in [7, 11) is -4.50. The van der Waals surface area contributed by atoms with E-state index in [0.29, 0.717) is 0 Å². The maximum Gasteiger partial charge on any atom is 0.379 e. The smallest absolute Gasteiger partial charge is 0.268 e. The Morgan fingerprint density at radius 1 is 1.64 bits per heavy atom. The van der Waals surface area contributed by atoms with Crippen LogP contribution in [-0.4, -0.2) is 30.8 Å². The van der Waals surface area contributed by atoms with E-state index < -0.39 is 21.9 Å². The maximum atomic E-state index is 10.5. The van der Waals surface area contributed by atoms with Crippen LogP contribution in [0.3, 0.4) is 0 Å². The molecular weight excluding hydrogens is 174 g/mol. The lowest BCUT2D eigenvalue weighted by atomic mass is 10.4. The molecule has 0 atom stereocenters. The number of nitrogens with one attached hydrogen (secondary N) is 1. The third-order valence-electron chi connectivity index (χ3n) is 0.799. The van der Waals surface area contributed by atoms with Gasteiger partial charge in [0.25, 0.3) is 5.91 Å². The van der Waals surface area contributed by atoms with Crippen molar-refractivity contribution in [1.82, 2.24) is 5.43 Å². The summed E-state index contributed by atoms with van der Waals surface area (Å²) in [6.07, 6.45) is 0.899. The van der Waals surface area contributed by atoms with E-state index in [2.05, 4.69) is 9.50 Å². The highest BCUT2D eigenvalue weighted by Crippen LogP contribution is 1.90. The van der Waals surface area contributed by atoms with Crippen LogP contribution in [0.15, 0.2) is 9.50 Å². The van der Waals surface area contributed by atoms with Gasteiger partial charge < -0.3 is 0 Å². The van der Waals surface area contributed by atoms with Gasteiger partial charge >= 0.3 is 10.3 Å². The van der Waals surface area contributed by atoms with Crippen molar-refractivity contribution in [3.63, 3.8) is 0 Å². The zero-order valence-electron chi connectivity index (χ0n) is 5.05. The van der Waals surface area contributed by atoms with E-state index >= 15 is 0 Å². The zero-order chi connectivity index (χ0) is 8.48. The molecular formula is C3H3N3O4S. The Kier molecular flexibility index (Phi) is 1.71. The van der Waals surface area contributed by atoms with Crippen molar-refractivity contribution in [2.24, 2.45) is 9.50 Å². The summed E-state index contributed by atoms with van der Waals surface area (Å²) in [4.78, 5) is 10.5.